The van der Waals surface area contributed by atoms with E-state index in [0.717, 1.165) is 5.56 Å². The molecule has 1 spiro atoms. The van der Waals surface area contributed by atoms with Crippen molar-refractivity contribution >= 4 is 23.5 Å². The third kappa shape index (κ3) is 3.55. The van der Waals surface area contributed by atoms with Gasteiger partial charge in [0.05, 0.1) is 42.0 Å². The summed E-state index contributed by atoms with van der Waals surface area (Å²) in [4.78, 5) is 24.6. The summed E-state index contributed by atoms with van der Waals surface area (Å²) in [5, 5.41) is 8.05. The minimum absolute atomic E-state index is 0.0424. The summed E-state index contributed by atoms with van der Waals surface area (Å²) >= 11 is 6.64. The van der Waals surface area contributed by atoms with Gasteiger partial charge in [-0.3, -0.25) is 9.59 Å². The number of nitrogens with zero attached hydrogens (tertiary/aromatic N) is 2. The van der Waals surface area contributed by atoms with Gasteiger partial charge in [-0.1, -0.05) is 23.7 Å². The minimum Gasteiger partial charge on any atom is -0.416 e. The van der Waals surface area contributed by atoms with Gasteiger partial charge >= 0.3 is 11.9 Å². The van der Waals surface area contributed by atoms with Crippen molar-refractivity contribution in [2.24, 2.45) is 0 Å². The summed E-state index contributed by atoms with van der Waals surface area (Å²) < 4.78 is 26.9. The van der Waals surface area contributed by atoms with E-state index in [9.17, 15) is 14.0 Å². The Hall–Kier alpha value is -3.23. The lowest BCUT2D eigenvalue weighted by Crippen LogP contribution is -2.43. The number of benzene rings is 2. The Morgan fingerprint density at radius 1 is 1.06 bits per heavy atom. The predicted octanol–water partition coefficient (Wildman–Crippen LogP) is 3.51. The molecule has 3 heterocycles. The van der Waals surface area contributed by atoms with Crippen LogP contribution in [-0.2, 0) is 31.3 Å². The molecule has 0 saturated carbocycles. The molecule has 32 heavy (non-hydrogen) atoms. The molecule has 1 saturated heterocycles. The van der Waals surface area contributed by atoms with Crippen molar-refractivity contribution in [1.82, 2.24) is 15.1 Å². The van der Waals surface area contributed by atoms with E-state index in [2.05, 4.69) is 10.4 Å². The van der Waals surface area contributed by atoms with Crippen LogP contribution < -0.4 is 5.32 Å². The normalized spacial score (nSPS) is 17.8. The lowest BCUT2D eigenvalue weighted by atomic mass is 9.96. The van der Waals surface area contributed by atoms with Crippen LogP contribution in [0.4, 0.5) is 4.39 Å². The second-order valence-electron chi connectivity index (χ2n) is 7.69. The monoisotopic (exact) mass is 455 g/mol. The van der Waals surface area contributed by atoms with Gasteiger partial charge in [0.2, 0.25) is 0 Å². The Morgan fingerprint density at radius 2 is 1.84 bits per heavy atom. The summed E-state index contributed by atoms with van der Waals surface area (Å²) in [6.07, 6.45) is 2.04. The van der Waals surface area contributed by atoms with Crippen molar-refractivity contribution in [3.05, 3.63) is 70.6 Å². The standard InChI is InChI=1S/C23H19ClFN3O4/c24-18-5-4-17-16(8-10-26-13-23(17)31-20(29)6-7-21(30)32-23)22(18)28-19(9-11-27-28)14-2-1-3-15(25)12-14/h1-5,9,11-12,26H,6-8,10,13H2. The van der Waals surface area contributed by atoms with Crippen molar-refractivity contribution in [3.8, 4) is 16.9 Å². The molecule has 2 aromatic carbocycles. The van der Waals surface area contributed by atoms with Gasteiger partial charge in [0.15, 0.2) is 0 Å². The van der Waals surface area contributed by atoms with E-state index in [-0.39, 0.29) is 25.2 Å². The van der Waals surface area contributed by atoms with E-state index in [1.807, 2.05) is 0 Å². The summed E-state index contributed by atoms with van der Waals surface area (Å²) in [7, 11) is 0. The first-order chi connectivity index (χ1) is 15.5. The molecular weight excluding hydrogens is 437 g/mol. The van der Waals surface area contributed by atoms with Crippen molar-refractivity contribution < 1.29 is 23.5 Å². The molecule has 3 aromatic rings. The predicted molar refractivity (Wildman–Crippen MR) is 114 cm³/mol. The molecule has 1 N–H and O–H groups in total. The molecule has 2 aliphatic rings. The van der Waals surface area contributed by atoms with E-state index in [4.69, 9.17) is 21.1 Å². The topological polar surface area (TPSA) is 82.5 Å². The summed E-state index contributed by atoms with van der Waals surface area (Å²) in [5.41, 5.74) is 3.09. The molecule has 1 fully saturated rings. The molecule has 2 aliphatic heterocycles. The molecular formula is C23H19ClFN3O4. The van der Waals surface area contributed by atoms with Crippen LogP contribution in [0.1, 0.15) is 24.0 Å². The van der Waals surface area contributed by atoms with Gasteiger partial charge in [-0.25, -0.2) is 9.07 Å². The van der Waals surface area contributed by atoms with Crippen molar-refractivity contribution in [2.45, 2.75) is 25.0 Å². The molecule has 0 radical (unpaired) electrons. The molecule has 5 rings (SSSR count). The van der Waals surface area contributed by atoms with Crippen LogP contribution in [0.25, 0.3) is 16.9 Å². The fraction of sp³-hybridized carbons (Fsp3) is 0.261. The highest BCUT2D eigenvalue weighted by molar-refractivity contribution is 6.32. The summed E-state index contributed by atoms with van der Waals surface area (Å²) in [5.74, 6) is -2.99. The van der Waals surface area contributed by atoms with Gasteiger partial charge in [0.1, 0.15) is 5.82 Å². The van der Waals surface area contributed by atoms with Crippen LogP contribution in [0.15, 0.2) is 48.7 Å². The van der Waals surface area contributed by atoms with Gasteiger partial charge in [-0.05, 0) is 48.9 Å². The van der Waals surface area contributed by atoms with Crippen molar-refractivity contribution in [3.63, 3.8) is 0 Å². The van der Waals surface area contributed by atoms with Crippen molar-refractivity contribution in [1.29, 1.82) is 0 Å². The Bertz CT molecular complexity index is 1210. The van der Waals surface area contributed by atoms with Gasteiger partial charge in [0, 0.05) is 11.1 Å². The quantitative estimate of drug-likeness (QED) is 0.595. The maximum atomic E-state index is 13.9. The zero-order valence-electron chi connectivity index (χ0n) is 16.9. The second kappa shape index (κ2) is 8.03. The van der Waals surface area contributed by atoms with Crippen LogP contribution in [-0.4, -0.2) is 34.8 Å². The van der Waals surface area contributed by atoms with E-state index >= 15 is 0 Å². The Balaban J connectivity index is 1.72. The lowest BCUT2D eigenvalue weighted by Gasteiger charge is -2.32. The Labute approximate surface area is 188 Å². The highest BCUT2D eigenvalue weighted by Gasteiger charge is 2.46. The minimum atomic E-state index is -1.60. The van der Waals surface area contributed by atoms with Gasteiger partial charge in [0.25, 0.3) is 5.79 Å². The SMILES string of the molecule is O=C1CCC(=O)OC2(CNCCc3c2ccc(Cl)c3-n2nccc2-c2cccc(F)c2)O1. The zero-order chi connectivity index (χ0) is 22.3. The number of rotatable bonds is 2. The molecule has 0 aliphatic carbocycles. The lowest BCUT2D eigenvalue weighted by molar-refractivity contribution is -0.225. The maximum absolute atomic E-state index is 13.9. The molecule has 0 amide bonds. The van der Waals surface area contributed by atoms with E-state index in [0.29, 0.717) is 40.5 Å². The third-order valence-corrected chi connectivity index (χ3v) is 5.92. The first-order valence-corrected chi connectivity index (χ1v) is 10.6. The second-order valence-corrected chi connectivity index (χ2v) is 8.10. The number of ether oxygens (including phenoxy) is 2. The molecule has 164 valence electrons. The summed E-state index contributed by atoms with van der Waals surface area (Å²) in [6, 6.07) is 11.3. The van der Waals surface area contributed by atoms with Crippen LogP contribution in [0, 0.1) is 5.82 Å². The average Bonchev–Trinajstić information content (AvgIpc) is 3.11. The van der Waals surface area contributed by atoms with Crippen LogP contribution in [0.3, 0.4) is 0 Å². The number of nitrogens with one attached hydrogen (secondary N) is 1. The molecule has 7 nitrogen and oxygen atoms in total. The van der Waals surface area contributed by atoms with E-state index in [1.165, 1.54) is 12.1 Å². The number of hydrogen-bond acceptors (Lipinski definition) is 6. The highest BCUT2D eigenvalue weighted by Crippen LogP contribution is 2.40. The van der Waals surface area contributed by atoms with E-state index < -0.39 is 17.7 Å². The number of halogens is 2. The molecule has 9 heteroatoms. The van der Waals surface area contributed by atoms with Gasteiger partial charge < -0.3 is 14.8 Å². The smallest absolute Gasteiger partial charge is 0.309 e. The number of carbonyl (C=O) groups is 2. The average molecular weight is 456 g/mol. The zero-order valence-corrected chi connectivity index (χ0v) is 17.7. The number of esters is 2. The van der Waals surface area contributed by atoms with Crippen LogP contribution in [0.2, 0.25) is 5.02 Å². The van der Waals surface area contributed by atoms with E-state index in [1.54, 1.807) is 41.2 Å². The summed E-state index contributed by atoms with van der Waals surface area (Å²) in [6.45, 7) is 0.655. The number of hydrogen-bond donors (Lipinski definition) is 1. The number of aromatic nitrogens is 2. The number of fused-ring (bicyclic) bond motifs is 2. The van der Waals surface area contributed by atoms with Gasteiger partial charge in [-0.2, -0.15) is 5.10 Å². The molecule has 0 atom stereocenters. The third-order valence-electron chi connectivity index (χ3n) is 5.62. The molecule has 0 unspecified atom stereocenters. The van der Waals surface area contributed by atoms with Crippen LogP contribution in [0.5, 0.6) is 0 Å². The Morgan fingerprint density at radius 3 is 2.59 bits per heavy atom. The van der Waals surface area contributed by atoms with Crippen LogP contribution >= 0.6 is 11.6 Å². The maximum Gasteiger partial charge on any atom is 0.309 e. The fourth-order valence-electron chi connectivity index (χ4n) is 4.23. The van der Waals surface area contributed by atoms with Gasteiger partial charge in [-0.15, -0.1) is 0 Å². The molecule has 1 aromatic heterocycles. The van der Waals surface area contributed by atoms with Crippen molar-refractivity contribution in [2.75, 3.05) is 13.1 Å². The first kappa shape index (κ1) is 20.7. The fourth-order valence-corrected chi connectivity index (χ4v) is 4.49. The Kier molecular flexibility index (Phi) is 5.19. The highest BCUT2D eigenvalue weighted by atomic mass is 35.5. The molecule has 0 bridgehead atoms. The largest absolute Gasteiger partial charge is 0.416 e. The number of carbonyl (C=O) groups excluding carboxylic acids is 2. The first-order valence-electron chi connectivity index (χ1n) is 10.2.